The fourth-order valence-corrected chi connectivity index (χ4v) is 1.71. The van der Waals surface area contributed by atoms with Crippen molar-refractivity contribution in [2.45, 2.75) is 32.9 Å². The number of hydrogen-bond donors (Lipinski definition) is 2. The van der Waals surface area contributed by atoms with Crippen LogP contribution in [0.5, 0.6) is 5.75 Å². The second kappa shape index (κ2) is 7.54. The van der Waals surface area contributed by atoms with Crippen LogP contribution in [0.25, 0.3) is 0 Å². The third-order valence-electron chi connectivity index (χ3n) is 2.26. The molecule has 1 rings (SSSR count). The average Bonchev–Trinajstić information content (AvgIpc) is 2.28. The molecule has 3 nitrogen and oxygen atoms in total. The van der Waals surface area contributed by atoms with Gasteiger partial charge >= 0.3 is 0 Å². The van der Waals surface area contributed by atoms with Crippen molar-refractivity contribution in [3.63, 3.8) is 0 Å². The van der Waals surface area contributed by atoms with E-state index >= 15 is 0 Å². The molecule has 0 bridgehead atoms. The van der Waals surface area contributed by atoms with Gasteiger partial charge in [-0.2, -0.15) is 0 Å². The number of aliphatic hydroxyl groups excluding tert-OH is 1. The molecule has 0 aliphatic rings. The van der Waals surface area contributed by atoms with Gasteiger partial charge in [0.2, 0.25) is 0 Å². The Morgan fingerprint density at radius 3 is 2.88 bits per heavy atom. The van der Waals surface area contributed by atoms with Crippen molar-refractivity contribution in [2.75, 3.05) is 13.2 Å². The number of hydrogen-bond acceptors (Lipinski definition) is 3. The molecule has 17 heavy (non-hydrogen) atoms. The molecule has 2 N–H and O–H groups in total. The van der Waals surface area contributed by atoms with Gasteiger partial charge in [-0.05, 0) is 26.0 Å². The first-order chi connectivity index (χ1) is 8.15. The lowest BCUT2D eigenvalue weighted by Crippen LogP contribution is -2.17. The maximum Gasteiger partial charge on any atom is 0.142 e. The van der Waals surface area contributed by atoms with Crippen molar-refractivity contribution in [3.05, 3.63) is 28.8 Å². The molecule has 0 aliphatic carbocycles. The predicted octanol–water partition coefficient (Wildman–Crippen LogP) is 2.60. The topological polar surface area (TPSA) is 41.5 Å². The molecule has 1 aromatic carbocycles. The molecule has 0 heterocycles. The lowest BCUT2D eigenvalue weighted by Gasteiger charge is -2.14. The van der Waals surface area contributed by atoms with Crippen molar-refractivity contribution >= 4 is 11.6 Å². The van der Waals surface area contributed by atoms with Crippen molar-refractivity contribution in [1.82, 2.24) is 5.32 Å². The highest BCUT2D eigenvalue weighted by molar-refractivity contribution is 6.32. The van der Waals surface area contributed by atoms with Gasteiger partial charge in [0.1, 0.15) is 12.4 Å². The summed E-state index contributed by atoms with van der Waals surface area (Å²) in [6, 6.07) is 5.68. The summed E-state index contributed by atoms with van der Waals surface area (Å²) in [4.78, 5) is 0. The Kier molecular flexibility index (Phi) is 6.34. The second-order valence-corrected chi connectivity index (χ2v) is 4.47. The molecular weight excluding hydrogens is 238 g/mol. The van der Waals surface area contributed by atoms with Crippen molar-refractivity contribution in [1.29, 1.82) is 0 Å². The van der Waals surface area contributed by atoms with E-state index in [2.05, 4.69) is 12.2 Å². The number of para-hydroxylation sites is 1. The normalized spacial score (nSPS) is 12.5. The lowest BCUT2D eigenvalue weighted by molar-refractivity contribution is 0.122. The Morgan fingerprint density at radius 1 is 1.47 bits per heavy atom. The fourth-order valence-electron chi connectivity index (χ4n) is 1.46. The number of halogens is 1. The number of ether oxygens (including phenoxy) is 1. The summed E-state index contributed by atoms with van der Waals surface area (Å²) in [6.07, 6.45) is 0.590. The second-order valence-electron chi connectivity index (χ2n) is 4.06. The van der Waals surface area contributed by atoms with E-state index in [4.69, 9.17) is 16.3 Å². The molecular formula is C13H20ClNO2. The van der Waals surface area contributed by atoms with E-state index in [1.165, 1.54) is 0 Å². The third kappa shape index (κ3) is 4.94. The van der Waals surface area contributed by atoms with Crippen molar-refractivity contribution < 1.29 is 9.84 Å². The summed E-state index contributed by atoms with van der Waals surface area (Å²) in [5.74, 6) is 0.665. The minimum Gasteiger partial charge on any atom is -0.489 e. The molecule has 0 aromatic heterocycles. The van der Waals surface area contributed by atoms with Crippen LogP contribution in [0.15, 0.2) is 18.2 Å². The minimum absolute atomic E-state index is 0.254. The molecule has 4 heteroatoms. The summed E-state index contributed by atoms with van der Waals surface area (Å²) in [5, 5.41) is 13.1. The van der Waals surface area contributed by atoms with Crippen LogP contribution in [0.2, 0.25) is 5.02 Å². The van der Waals surface area contributed by atoms with Crippen LogP contribution in [-0.4, -0.2) is 24.4 Å². The summed E-state index contributed by atoms with van der Waals surface area (Å²) in [5.41, 5.74) is 1.02. The monoisotopic (exact) mass is 257 g/mol. The van der Waals surface area contributed by atoms with Gasteiger partial charge in [-0.3, -0.25) is 0 Å². The Hall–Kier alpha value is -0.770. The zero-order chi connectivity index (χ0) is 12.7. The first-order valence-corrected chi connectivity index (χ1v) is 6.32. The van der Waals surface area contributed by atoms with Crippen molar-refractivity contribution in [2.24, 2.45) is 0 Å². The number of rotatable bonds is 7. The van der Waals surface area contributed by atoms with E-state index < -0.39 is 6.10 Å². The van der Waals surface area contributed by atoms with Gasteiger partial charge in [-0.1, -0.05) is 30.7 Å². The van der Waals surface area contributed by atoms with E-state index in [0.717, 1.165) is 25.1 Å². The number of benzene rings is 1. The van der Waals surface area contributed by atoms with E-state index in [0.29, 0.717) is 10.8 Å². The highest BCUT2D eigenvalue weighted by Crippen LogP contribution is 2.28. The molecule has 0 spiro atoms. The van der Waals surface area contributed by atoms with Crippen LogP contribution in [0.4, 0.5) is 0 Å². The highest BCUT2D eigenvalue weighted by Gasteiger charge is 2.09. The van der Waals surface area contributed by atoms with Gasteiger partial charge < -0.3 is 15.2 Å². The standard InChI is InChI=1S/C13H20ClNO2/c1-3-7-15-8-11-5-4-6-12(14)13(11)17-9-10(2)16/h4-6,10,15-16H,3,7-9H2,1-2H3. The largest absolute Gasteiger partial charge is 0.489 e. The molecule has 0 radical (unpaired) electrons. The van der Waals surface area contributed by atoms with Gasteiger partial charge in [0.25, 0.3) is 0 Å². The quantitative estimate of drug-likeness (QED) is 0.738. The maximum absolute atomic E-state index is 9.23. The smallest absolute Gasteiger partial charge is 0.142 e. The molecule has 1 atom stereocenters. The molecule has 0 amide bonds. The van der Waals surface area contributed by atoms with Crippen LogP contribution in [0.3, 0.4) is 0 Å². The van der Waals surface area contributed by atoms with E-state index in [9.17, 15) is 5.11 Å². The minimum atomic E-state index is -0.497. The Labute approximate surface area is 108 Å². The molecule has 0 fully saturated rings. The fraction of sp³-hybridized carbons (Fsp3) is 0.538. The molecule has 1 aromatic rings. The molecule has 0 saturated heterocycles. The van der Waals surface area contributed by atoms with E-state index in [1.54, 1.807) is 13.0 Å². The first-order valence-electron chi connectivity index (χ1n) is 5.94. The lowest BCUT2D eigenvalue weighted by atomic mass is 10.2. The highest BCUT2D eigenvalue weighted by atomic mass is 35.5. The summed E-state index contributed by atoms with van der Waals surface area (Å²) < 4.78 is 5.54. The summed E-state index contributed by atoms with van der Waals surface area (Å²) >= 11 is 6.09. The number of nitrogens with one attached hydrogen (secondary N) is 1. The summed E-state index contributed by atoms with van der Waals surface area (Å²) in [7, 11) is 0. The van der Waals surface area contributed by atoms with E-state index in [1.807, 2.05) is 12.1 Å². The third-order valence-corrected chi connectivity index (χ3v) is 2.56. The molecule has 96 valence electrons. The van der Waals surface area contributed by atoms with Crippen LogP contribution in [0, 0.1) is 0 Å². The van der Waals surface area contributed by atoms with Gasteiger partial charge in [0.05, 0.1) is 11.1 Å². The number of aliphatic hydroxyl groups is 1. The SMILES string of the molecule is CCCNCc1cccc(Cl)c1OCC(C)O. The zero-order valence-electron chi connectivity index (χ0n) is 10.4. The first kappa shape index (κ1) is 14.3. The summed E-state index contributed by atoms with van der Waals surface area (Å²) in [6.45, 7) is 5.75. The van der Waals surface area contributed by atoms with Gasteiger partial charge in [-0.15, -0.1) is 0 Å². The van der Waals surface area contributed by atoms with Gasteiger partial charge in [-0.25, -0.2) is 0 Å². The molecule has 0 saturated carbocycles. The van der Waals surface area contributed by atoms with Crippen LogP contribution >= 0.6 is 11.6 Å². The Morgan fingerprint density at radius 2 is 2.24 bits per heavy atom. The maximum atomic E-state index is 9.23. The molecule has 0 aliphatic heterocycles. The van der Waals surface area contributed by atoms with Gasteiger partial charge in [0, 0.05) is 12.1 Å². The van der Waals surface area contributed by atoms with Crippen LogP contribution in [-0.2, 0) is 6.54 Å². The van der Waals surface area contributed by atoms with E-state index in [-0.39, 0.29) is 6.61 Å². The predicted molar refractivity (Wildman–Crippen MR) is 70.6 cm³/mol. The molecule has 1 unspecified atom stereocenters. The Bertz CT molecular complexity index is 342. The van der Waals surface area contributed by atoms with Crippen LogP contribution in [0.1, 0.15) is 25.8 Å². The average molecular weight is 258 g/mol. The van der Waals surface area contributed by atoms with Crippen molar-refractivity contribution in [3.8, 4) is 5.75 Å². The van der Waals surface area contributed by atoms with Crippen LogP contribution < -0.4 is 10.1 Å². The Balaban J connectivity index is 2.69. The zero-order valence-corrected chi connectivity index (χ0v) is 11.1. The van der Waals surface area contributed by atoms with Gasteiger partial charge in [0.15, 0.2) is 0 Å².